The van der Waals surface area contributed by atoms with Gasteiger partial charge in [-0.05, 0) is 18.9 Å². The first-order valence-corrected chi connectivity index (χ1v) is 11.0. The van der Waals surface area contributed by atoms with Gasteiger partial charge in [-0.25, -0.2) is 0 Å². The maximum absolute atomic E-state index is 4.65. The van der Waals surface area contributed by atoms with Crippen molar-refractivity contribution in [3.8, 4) is 0 Å². The van der Waals surface area contributed by atoms with Gasteiger partial charge < -0.3 is 4.74 Å². The minimum absolute atomic E-state index is 1.13. The molecule has 1 nitrogen and oxygen atoms in total. The summed E-state index contributed by atoms with van der Waals surface area (Å²) in [5.41, 5.74) is 0. The van der Waals surface area contributed by atoms with Crippen molar-refractivity contribution in [3.63, 3.8) is 0 Å². The molecule has 0 aliphatic carbocycles. The third-order valence-corrected chi connectivity index (χ3v) is 4.92. The molecule has 0 unspecified atom stereocenters. The molecule has 1 heteroatoms. The van der Waals surface area contributed by atoms with Crippen LogP contribution in [0.4, 0.5) is 0 Å². The van der Waals surface area contributed by atoms with Gasteiger partial charge in [0.2, 0.25) is 0 Å². The molecule has 0 saturated carbocycles. The third kappa shape index (κ3) is 21.5. The smallest absolute Gasteiger partial charge is 0.121 e. The number of hydrogen-bond acceptors (Lipinski definition) is 1. The molecule has 0 aromatic heterocycles. The van der Waals surface area contributed by atoms with E-state index in [1.165, 1.54) is 116 Å². The summed E-state index contributed by atoms with van der Waals surface area (Å²) in [6.07, 6.45) is 30.7. The van der Waals surface area contributed by atoms with E-state index in [1.54, 1.807) is 6.26 Å². The van der Waals surface area contributed by atoms with Gasteiger partial charge in [-0.3, -0.25) is 0 Å². The summed E-state index contributed by atoms with van der Waals surface area (Å²) < 4.78 is 4.65. The van der Waals surface area contributed by atoms with Gasteiger partial charge >= 0.3 is 0 Å². The van der Waals surface area contributed by atoms with E-state index in [1.807, 2.05) is 0 Å². The first-order chi connectivity index (χ1) is 11.9. The minimum atomic E-state index is 1.13. The molecule has 24 heavy (non-hydrogen) atoms. The number of allylic oxidation sites excluding steroid dienone is 1. The van der Waals surface area contributed by atoms with Gasteiger partial charge in [0.15, 0.2) is 0 Å². The Bertz CT molecular complexity index is 234. The van der Waals surface area contributed by atoms with Gasteiger partial charge in [0.05, 0.1) is 6.26 Å². The van der Waals surface area contributed by atoms with E-state index >= 15 is 0 Å². The second-order valence-electron chi connectivity index (χ2n) is 7.34. The van der Waals surface area contributed by atoms with Crippen LogP contribution < -0.4 is 0 Å². The average Bonchev–Trinajstić information content (AvgIpc) is 2.60. The van der Waals surface area contributed by atoms with Crippen molar-refractivity contribution in [3.05, 3.63) is 19.4 Å². The number of unbranched alkanes of at least 4 members (excludes halogenated alkanes) is 18. The molecule has 0 aliphatic heterocycles. The van der Waals surface area contributed by atoms with Crippen LogP contribution in [-0.4, -0.2) is 0 Å². The zero-order valence-corrected chi connectivity index (χ0v) is 16.7. The molecule has 0 atom stereocenters. The Kier molecular flexibility index (Phi) is 22.1. The molecular weight excluding hydrogens is 292 g/mol. The van der Waals surface area contributed by atoms with Crippen molar-refractivity contribution in [2.24, 2.45) is 0 Å². The van der Waals surface area contributed by atoms with Gasteiger partial charge in [0, 0.05) is 0 Å². The van der Waals surface area contributed by atoms with E-state index in [0.29, 0.717) is 0 Å². The standard InChI is InChI=1S/C23H45O/c1-3-4-5-6-7-8-9-10-11-12-13-14-15-16-17-18-19-20-21-22-23-24-2/h22-23H,2-21H2,1H3/b23-22+. The Morgan fingerprint density at radius 1 is 0.542 bits per heavy atom. The van der Waals surface area contributed by atoms with Crippen LogP contribution in [0.1, 0.15) is 129 Å². The molecule has 0 aromatic rings. The Morgan fingerprint density at radius 2 is 0.875 bits per heavy atom. The fourth-order valence-corrected chi connectivity index (χ4v) is 3.30. The zero-order valence-electron chi connectivity index (χ0n) is 16.7. The van der Waals surface area contributed by atoms with E-state index in [4.69, 9.17) is 0 Å². The average molecular weight is 338 g/mol. The number of ether oxygens (including phenoxy) is 1. The highest BCUT2D eigenvalue weighted by atomic mass is 16.5. The molecule has 0 spiro atoms. The summed E-state index contributed by atoms with van der Waals surface area (Å²) in [5, 5.41) is 0. The topological polar surface area (TPSA) is 9.23 Å². The van der Waals surface area contributed by atoms with Crippen LogP contribution in [0.2, 0.25) is 0 Å². The van der Waals surface area contributed by atoms with Crippen molar-refractivity contribution < 1.29 is 4.74 Å². The maximum Gasteiger partial charge on any atom is 0.121 e. The van der Waals surface area contributed by atoms with E-state index in [0.717, 1.165) is 6.42 Å². The highest BCUT2D eigenvalue weighted by Gasteiger charge is 1.94. The summed E-state index contributed by atoms with van der Waals surface area (Å²) in [7, 11) is 3.32. The molecule has 143 valence electrons. The first-order valence-electron chi connectivity index (χ1n) is 11.0. The molecule has 0 aliphatic rings. The van der Waals surface area contributed by atoms with Gasteiger partial charge in [-0.15, -0.1) is 0 Å². The van der Waals surface area contributed by atoms with Crippen LogP contribution >= 0.6 is 0 Å². The fourth-order valence-electron chi connectivity index (χ4n) is 3.30. The van der Waals surface area contributed by atoms with E-state index < -0.39 is 0 Å². The van der Waals surface area contributed by atoms with Crippen LogP contribution in [0.3, 0.4) is 0 Å². The SMILES string of the molecule is [CH2]O/C=C/CCCCCCCCCCCCCCCCCCCC. The van der Waals surface area contributed by atoms with Crippen molar-refractivity contribution >= 4 is 0 Å². The van der Waals surface area contributed by atoms with Crippen LogP contribution in [0.25, 0.3) is 0 Å². The summed E-state index contributed by atoms with van der Waals surface area (Å²) in [6, 6.07) is 0. The molecular formula is C23H45O. The lowest BCUT2D eigenvalue weighted by Gasteiger charge is -2.03. The molecule has 1 radical (unpaired) electrons. The second-order valence-corrected chi connectivity index (χ2v) is 7.34. The van der Waals surface area contributed by atoms with E-state index in [9.17, 15) is 0 Å². The highest BCUT2D eigenvalue weighted by Crippen LogP contribution is 2.14. The maximum atomic E-state index is 4.65. The first kappa shape index (κ1) is 23.5. The Morgan fingerprint density at radius 3 is 1.21 bits per heavy atom. The van der Waals surface area contributed by atoms with Crippen LogP contribution in [0, 0.1) is 7.11 Å². The van der Waals surface area contributed by atoms with E-state index in [2.05, 4.69) is 24.8 Å². The summed E-state index contributed by atoms with van der Waals surface area (Å²) >= 11 is 0. The summed E-state index contributed by atoms with van der Waals surface area (Å²) in [6.45, 7) is 2.29. The quantitative estimate of drug-likeness (QED) is 0.159. The van der Waals surface area contributed by atoms with Crippen molar-refractivity contribution in [1.29, 1.82) is 0 Å². The third-order valence-electron chi connectivity index (χ3n) is 4.92. The fraction of sp³-hybridized carbons (Fsp3) is 0.870. The Balaban J connectivity index is 2.97. The highest BCUT2D eigenvalue weighted by molar-refractivity contribution is 4.72. The predicted octanol–water partition coefficient (Wildman–Crippen LogP) is 8.74. The van der Waals surface area contributed by atoms with Crippen LogP contribution in [0.15, 0.2) is 12.3 Å². The van der Waals surface area contributed by atoms with Gasteiger partial charge in [-0.1, -0.05) is 116 Å². The molecule has 0 aromatic carbocycles. The van der Waals surface area contributed by atoms with Crippen LogP contribution in [-0.2, 0) is 4.74 Å². The second kappa shape index (κ2) is 22.5. The van der Waals surface area contributed by atoms with Crippen molar-refractivity contribution in [1.82, 2.24) is 0 Å². The molecule has 0 amide bonds. The van der Waals surface area contributed by atoms with E-state index in [-0.39, 0.29) is 0 Å². The van der Waals surface area contributed by atoms with Gasteiger partial charge in [0.25, 0.3) is 0 Å². The zero-order chi connectivity index (χ0) is 17.6. The Labute approximate surface area is 153 Å². The Hall–Kier alpha value is -0.460. The van der Waals surface area contributed by atoms with Crippen molar-refractivity contribution in [2.45, 2.75) is 129 Å². The normalized spacial score (nSPS) is 11.4. The summed E-state index contributed by atoms with van der Waals surface area (Å²) in [4.78, 5) is 0. The molecule has 0 rings (SSSR count). The summed E-state index contributed by atoms with van der Waals surface area (Å²) in [5.74, 6) is 0. The largest absolute Gasteiger partial charge is 0.498 e. The van der Waals surface area contributed by atoms with Crippen molar-refractivity contribution in [2.75, 3.05) is 0 Å². The lowest BCUT2D eigenvalue weighted by Crippen LogP contribution is -1.84. The van der Waals surface area contributed by atoms with Crippen LogP contribution in [0.5, 0.6) is 0 Å². The molecule has 0 N–H and O–H groups in total. The molecule has 0 heterocycles. The molecule has 0 fully saturated rings. The monoisotopic (exact) mass is 337 g/mol. The van der Waals surface area contributed by atoms with Gasteiger partial charge in [0.1, 0.15) is 7.11 Å². The molecule has 0 bridgehead atoms. The number of hydrogen-bond donors (Lipinski definition) is 0. The molecule has 0 saturated heterocycles. The number of rotatable bonds is 20. The lowest BCUT2D eigenvalue weighted by atomic mass is 10.0. The minimum Gasteiger partial charge on any atom is -0.498 e. The van der Waals surface area contributed by atoms with Gasteiger partial charge in [-0.2, -0.15) is 0 Å². The predicted molar refractivity (Wildman–Crippen MR) is 109 cm³/mol. The lowest BCUT2D eigenvalue weighted by molar-refractivity contribution is 0.391.